The SMILES string of the molecule is OCCc1ccc(Nc2cc(N3CCNCC3)nc3c2CCC3)cc1. The van der Waals surface area contributed by atoms with Crippen LogP contribution in [0.2, 0.25) is 0 Å². The van der Waals surface area contributed by atoms with Gasteiger partial charge >= 0.3 is 0 Å². The van der Waals surface area contributed by atoms with E-state index in [0.717, 1.165) is 56.1 Å². The van der Waals surface area contributed by atoms with Gasteiger partial charge in [-0.2, -0.15) is 0 Å². The Bertz CT molecular complexity index is 723. The van der Waals surface area contributed by atoms with Crippen molar-refractivity contribution < 1.29 is 5.11 Å². The van der Waals surface area contributed by atoms with Crippen LogP contribution < -0.4 is 15.5 Å². The van der Waals surface area contributed by atoms with Crippen molar-refractivity contribution in [3.63, 3.8) is 0 Å². The van der Waals surface area contributed by atoms with E-state index in [1.54, 1.807) is 0 Å². The molecule has 0 saturated carbocycles. The van der Waals surface area contributed by atoms with Crippen LogP contribution in [-0.2, 0) is 19.3 Å². The third-order valence-corrected chi connectivity index (χ3v) is 5.11. The number of aliphatic hydroxyl groups is 1. The summed E-state index contributed by atoms with van der Waals surface area (Å²) in [6.07, 6.45) is 4.09. The van der Waals surface area contributed by atoms with Crippen LogP contribution in [0.1, 0.15) is 23.2 Å². The molecule has 1 aliphatic heterocycles. The van der Waals surface area contributed by atoms with Gasteiger partial charge in [0.25, 0.3) is 0 Å². The number of pyridine rings is 1. The molecule has 5 nitrogen and oxygen atoms in total. The third kappa shape index (κ3) is 3.62. The molecule has 0 unspecified atom stereocenters. The second-order valence-corrected chi connectivity index (χ2v) is 6.84. The van der Waals surface area contributed by atoms with Crippen molar-refractivity contribution in [1.29, 1.82) is 0 Å². The van der Waals surface area contributed by atoms with Crippen LogP contribution in [0.25, 0.3) is 0 Å². The van der Waals surface area contributed by atoms with Gasteiger partial charge in [-0.1, -0.05) is 12.1 Å². The second kappa shape index (κ2) is 7.42. The Morgan fingerprint density at radius 3 is 2.68 bits per heavy atom. The van der Waals surface area contributed by atoms with Crippen molar-refractivity contribution >= 4 is 17.2 Å². The minimum atomic E-state index is 0.193. The highest BCUT2D eigenvalue weighted by atomic mass is 16.2. The Hall–Kier alpha value is -2.11. The van der Waals surface area contributed by atoms with Gasteiger partial charge in [0.05, 0.1) is 0 Å². The van der Waals surface area contributed by atoms with Crippen molar-refractivity contribution in [1.82, 2.24) is 10.3 Å². The first-order valence-corrected chi connectivity index (χ1v) is 9.29. The highest BCUT2D eigenvalue weighted by molar-refractivity contribution is 5.69. The highest BCUT2D eigenvalue weighted by Gasteiger charge is 2.21. The number of nitrogens with zero attached hydrogens (tertiary/aromatic N) is 2. The molecular weight excluding hydrogens is 312 g/mol. The van der Waals surface area contributed by atoms with Crippen molar-refractivity contribution in [2.24, 2.45) is 0 Å². The molecule has 0 radical (unpaired) electrons. The molecule has 25 heavy (non-hydrogen) atoms. The average molecular weight is 338 g/mol. The molecular formula is C20H26N4O. The molecule has 2 aliphatic rings. The van der Waals surface area contributed by atoms with Crippen LogP contribution in [0.3, 0.4) is 0 Å². The predicted octanol–water partition coefficient (Wildman–Crippen LogP) is 2.26. The van der Waals surface area contributed by atoms with Crippen LogP contribution in [0.4, 0.5) is 17.2 Å². The van der Waals surface area contributed by atoms with Crippen molar-refractivity contribution in [2.45, 2.75) is 25.7 Å². The molecule has 1 fully saturated rings. The highest BCUT2D eigenvalue weighted by Crippen LogP contribution is 2.33. The van der Waals surface area contributed by atoms with E-state index >= 15 is 0 Å². The molecule has 1 aliphatic carbocycles. The summed E-state index contributed by atoms with van der Waals surface area (Å²) >= 11 is 0. The minimum Gasteiger partial charge on any atom is -0.396 e. The van der Waals surface area contributed by atoms with Crippen molar-refractivity contribution in [3.05, 3.63) is 47.2 Å². The number of benzene rings is 1. The normalized spacial score (nSPS) is 16.8. The monoisotopic (exact) mass is 338 g/mol. The second-order valence-electron chi connectivity index (χ2n) is 6.84. The molecule has 1 aromatic heterocycles. The lowest BCUT2D eigenvalue weighted by Crippen LogP contribution is -2.44. The largest absolute Gasteiger partial charge is 0.396 e. The molecule has 1 aromatic carbocycles. The fourth-order valence-corrected chi connectivity index (χ4v) is 3.73. The maximum Gasteiger partial charge on any atom is 0.130 e. The zero-order chi connectivity index (χ0) is 17.1. The lowest BCUT2D eigenvalue weighted by atomic mass is 10.1. The van der Waals surface area contributed by atoms with Crippen LogP contribution in [0, 0.1) is 0 Å². The maximum atomic E-state index is 9.05. The lowest BCUT2D eigenvalue weighted by molar-refractivity contribution is 0.299. The molecule has 0 amide bonds. The lowest BCUT2D eigenvalue weighted by Gasteiger charge is -2.29. The first-order chi connectivity index (χ1) is 12.3. The Morgan fingerprint density at radius 2 is 1.92 bits per heavy atom. The van der Waals surface area contributed by atoms with Crippen LogP contribution in [0.5, 0.6) is 0 Å². The van der Waals surface area contributed by atoms with E-state index < -0.39 is 0 Å². The summed E-state index contributed by atoms with van der Waals surface area (Å²) in [5.74, 6) is 1.10. The quantitative estimate of drug-likeness (QED) is 0.781. The van der Waals surface area contributed by atoms with Gasteiger partial charge in [-0.25, -0.2) is 4.98 Å². The fraction of sp³-hybridized carbons (Fsp3) is 0.450. The Labute approximate surface area is 149 Å². The summed E-state index contributed by atoms with van der Waals surface area (Å²) in [4.78, 5) is 7.33. The molecule has 1 saturated heterocycles. The first kappa shape index (κ1) is 16.4. The number of aliphatic hydroxyl groups excluding tert-OH is 1. The van der Waals surface area contributed by atoms with Gasteiger partial charge in [-0.3, -0.25) is 0 Å². The van der Waals surface area contributed by atoms with Gasteiger partial charge in [0, 0.05) is 55.9 Å². The topological polar surface area (TPSA) is 60.4 Å². The molecule has 0 bridgehead atoms. The van der Waals surface area contributed by atoms with Gasteiger partial charge in [0.15, 0.2) is 0 Å². The molecule has 3 N–H and O–H groups in total. The van der Waals surface area contributed by atoms with Crippen LogP contribution >= 0.6 is 0 Å². The number of nitrogens with one attached hydrogen (secondary N) is 2. The van der Waals surface area contributed by atoms with E-state index in [0.29, 0.717) is 6.42 Å². The number of hydrogen-bond acceptors (Lipinski definition) is 5. The molecule has 132 valence electrons. The number of piperazine rings is 1. The zero-order valence-electron chi connectivity index (χ0n) is 14.6. The van der Waals surface area contributed by atoms with Gasteiger partial charge < -0.3 is 20.6 Å². The zero-order valence-corrected chi connectivity index (χ0v) is 14.6. The molecule has 5 heteroatoms. The van der Waals surface area contributed by atoms with E-state index in [1.165, 1.54) is 23.4 Å². The maximum absolute atomic E-state index is 9.05. The van der Waals surface area contributed by atoms with Crippen LogP contribution in [-0.4, -0.2) is 42.9 Å². The molecule has 0 atom stereocenters. The van der Waals surface area contributed by atoms with Gasteiger partial charge in [0.1, 0.15) is 5.82 Å². The molecule has 4 rings (SSSR count). The van der Waals surface area contributed by atoms with Gasteiger partial charge in [-0.05, 0) is 48.9 Å². The standard InChI is InChI=1S/C20H26N4O/c25-13-8-15-4-6-16(7-5-15)22-19-14-20(24-11-9-21-10-12-24)23-18-3-1-2-17(18)19/h4-7,14,21,25H,1-3,8-13H2,(H,22,23). The number of aryl methyl sites for hydroxylation is 1. The molecule has 2 heterocycles. The van der Waals surface area contributed by atoms with Crippen molar-refractivity contribution in [2.75, 3.05) is 43.0 Å². The number of aromatic nitrogens is 1. The smallest absolute Gasteiger partial charge is 0.130 e. The third-order valence-electron chi connectivity index (χ3n) is 5.11. The summed E-state index contributed by atoms with van der Waals surface area (Å²) in [7, 11) is 0. The fourth-order valence-electron chi connectivity index (χ4n) is 3.73. The van der Waals surface area contributed by atoms with E-state index in [1.807, 2.05) is 0 Å². The number of hydrogen-bond donors (Lipinski definition) is 3. The van der Waals surface area contributed by atoms with Gasteiger partial charge in [0.2, 0.25) is 0 Å². The van der Waals surface area contributed by atoms with E-state index in [4.69, 9.17) is 10.1 Å². The predicted molar refractivity (Wildman–Crippen MR) is 102 cm³/mol. The summed E-state index contributed by atoms with van der Waals surface area (Å²) in [6, 6.07) is 10.6. The van der Waals surface area contributed by atoms with E-state index in [-0.39, 0.29) is 6.61 Å². The average Bonchev–Trinajstić information content (AvgIpc) is 3.13. The summed E-state index contributed by atoms with van der Waals surface area (Å²) in [5.41, 5.74) is 6.09. The minimum absolute atomic E-state index is 0.193. The van der Waals surface area contributed by atoms with Crippen molar-refractivity contribution in [3.8, 4) is 0 Å². The Balaban J connectivity index is 1.60. The summed E-state index contributed by atoms with van der Waals surface area (Å²) in [6.45, 7) is 4.27. The van der Waals surface area contributed by atoms with Crippen LogP contribution in [0.15, 0.2) is 30.3 Å². The summed E-state index contributed by atoms with van der Waals surface area (Å²) in [5, 5.41) is 16.1. The number of rotatable bonds is 5. The molecule has 0 spiro atoms. The first-order valence-electron chi connectivity index (χ1n) is 9.29. The Kier molecular flexibility index (Phi) is 4.85. The molecule has 2 aromatic rings. The Morgan fingerprint density at radius 1 is 1.12 bits per heavy atom. The summed E-state index contributed by atoms with van der Waals surface area (Å²) < 4.78 is 0. The number of fused-ring (bicyclic) bond motifs is 1. The van der Waals surface area contributed by atoms with E-state index in [2.05, 4.69) is 45.9 Å². The number of anilines is 3. The van der Waals surface area contributed by atoms with Gasteiger partial charge in [-0.15, -0.1) is 0 Å². The van der Waals surface area contributed by atoms with E-state index in [9.17, 15) is 0 Å².